The van der Waals surface area contributed by atoms with Crippen LogP contribution in [0.4, 0.5) is 0 Å². The van der Waals surface area contributed by atoms with Crippen molar-refractivity contribution in [2.24, 2.45) is 0 Å². The first-order chi connectivity index (χ1) is 2.50. The molecule has 0 unspecified atom stereocenters. The lowest BCUT2D eigenvalue weighted by atomic mass is 10.8. The van der Waals surface area contributed by atoms with Crippen molar-refractivity contribution in [1.82, 2.24) is 5.32 Å². The van der Waals surface area contributed by atoms with Gasteiger partial charge in [0, 0.05) is 19.6 Å². The number of hydrogen-bond acceptors (Lipinski definition) is 2. The molecule has 1 aliphatic rings. The first-order valence-corrected chi connectivity index (χ1v) is 2.94. The molecule has 1 saturated heterocycles. The van der Waals surface area contributed by atoms with Crippen molar-refractivity contribution in [3.63, 3.8) is 0 Å². The van der Waals surface area contributed by atoms with E-state index in [4.69, 9.17) is 0 Å². The Morgan fingerprint density at radius 1 is 1.80 bits per heavy atom. The molecule has 1 heterocycles. The van der Waals surface area contributed by atoms with Gasteiger partial charge in [-0.25, -0.2) is 0 Å². The zero-order valence-electron chi connectivity index (χ0n) is 3.03. The van der Waals surface area contributed by atoms with Crippen molar-refractivity contribution in [3.05, 3.63) is 0 Å². The number of hydrogen-bond donors (Lipinski definition) is 1. The largest absolute Gasteiger partial charge is 0.307 e. The van der Waals surface area contributed by atoms with E-state index in [0.717, 1.165) is 0 Å². The SMILES string of the molecule is C1CSCN1.[HH]. The van der Waals surface area contributed by atoms with Gasteiger partial charge in [-0.15, -0.1) is 11.8 Å². The van der Waals surface area contributed by atoms with Crippen molar-refractivity contribution >= 4 is 11.8 Å². The molecule has 1 fully saturated rings. The van der Waals surface area contributed by atoms with Crippen LogP contribution in [0.5, 0.6) is 0 Å². The Hall–Kier alpha value is 0.310. The zero-order valence-corrected chi connectivity index (χ0v) is 3.85. The third kappa shape index (κ3) is 0.816. The summed E-state index contributed by atoms with van der Waals surface area (Å²) in [5.41, 5.74) is 0. The van der Waals surface area contributed by atoms with Gasteiger partial charge in [-0.1, -0.05) is 0 Å². The predicted octanol–water partition coefficient (Wildman–Crippen LogP) is 0.526. The van der Waals surface area contributed by atoms with E-state index in [9.17, 15) is 0 Å². The summed E-state index contributed by atoms with van der Waals surface area (Å²) in [6.45, 7) is 1.21. The molecule has 0 spiro atoms. The van der Waals surface area contributed by atoms with E-state index < -0.39 is 0 Å². The molecular weight excluding hydrogens is 82.1 g/mol. The van der Waals surface area contributed by atoms with Gasteiger partial charge in [-0.3, -0.25) is 0 Å². The molecular formula is C3H9NS. The molecule has 1 N–H and O–H groups in total. The highest BCUT2D eigenvalue weighted by atomic mass is 32.2. The van der Waals surface area contributed by atoms with Crippen LogP contribution in [0.2, 0.25) is 0 Å². The van der Waals surface area contributed by atoms with Gasteiger partial charge in [0.25, 0.3) is 0 Å². The Bertz CT molecular complexity index is 22.4. The first-order valence-electron chi connectivity index (χ1n) is 1.78. The lowest BCUT2D eigenvalue weighted by Gasteiger charge is -1.74. The van der Waals surface area contributed by atoms with Crippen molar-refractivity contribution in [1.29, 1.82) is 0 Å². The number of rotatable bonds is 0. The van der Waals surface area contributed by atoms with E-state index in [1.54, 1.807) is 0 Å². The van der Waals surface area contributed by atoms with Crippen LogP contribution < -0.4 is 5.32 Å². The van der Waals surface area contributed by atoms with E-state index in [2.05, 4.69) is 5.32 Å². The average Bonchev–Trinajstić information content (AvgIpc) is 1.76. The minimum atomic E-state index is 0. The van der Waals surface area contributed by atoms with Crippen LogP contribution in [0.25, 0.3) is 0 Å². The maximum absolute atomic E-state index is 3.19. The smallest absolute Gasteiger partial charge is 0.0418 e. The summed E-state index contributed by atoms with van der Waals surface area (Å²) in [5.74, 6) is 2.47. The van der Waals surface area contributed by atoms with Crippen molar-refractivity contribution < 1.29 is 1.43 Å². The molecule has 0 aromatic rings. The Morgan fingerprint density at radius 3 is 3.00 bits per heavy atom. The normalized spacial score (nSPS) is 24.0. The van der Waals surface area contributed by atoms with Gasteiger partial charge >= 0.3 is 0 Å². The van der Waals surface area contributed by atoms with E-state index in [-0.39, 0.29) is 1.43 Å². The lowest BCUT2D eigenvalue weighted by Crippen LogP contribution is -2.04. The molecule has 0 atom stereocenters. The molecule has 1 rings (SSSR count). The molecule has 0 radical (unpaired) electrons. The predicted molar refractivity (Wildman–Crippen MR) is 27.4 cm³/mol. The van der Waals surface area contributed by atoms with Crippen molar-refractivity contribution in [2.75, 3.05) is 18.2 Å². The summed E-state index contributed by atoms with van der Waals surface area (Å²) in [7, 11) is 0. The zero-order chi connectivity index (χ0) is 3.54. The van der Waals surface area contributed by atoms with Gasteiger partial charge < -0.3 is 5.32 Å². The van der Waals surface area contributed by atoms with Crippen LogP contribution in [0.1, 0.15) is 1.43 Å². The van der Waals surface area contributed by atoms with E-state index in [1.807, 2.05) is 11.8 Å². The van der Waals surface area contributed by atoms with Gasteiger partial charge in [-0.05, 0) is 0 Å². The summed E-state index contributed by atoms with van der Waals surface area (Å²) >= 11 is 1.96. The fraction of sp³-hybridized carbons (Fsp3) is 1.00. The highest BCUT2D eigenvalue weighted by Crippen LogP contribution is 1.99. The molecule has 1 nitrogen and oxygen atoms in total. The van der Waals surface area contributed by atoms with Gasteiger partial charge in [0.15, 0.2) is 0 Å². The monoisotopic (exact) mass is 91.0 g/mol. The van der Waals surface area contributed by atoms with Crippen molar-refractivity contribution in [3.8, 4) is 0 Å². The van der Waals surface area contributed by atoms with Gasteiger partial charge in [0.05, 0.1) is 0 Å². The van der Waals surface area contributed by atoms with Crippen LogP contribution in [0.3, 0.4) is 0 Å². The number of thioether (sulfide) groups is 1. The lowest BCUT2D eigenvalue weighted by molar-refractivity contribution is 0.885. The Morgan fingerprint density at radius 2 is 2.80 bits per heavy atom. The van der Waals surface area contributed by atoms with Gasteiger partial charge in [0.1, 0.15) is 0 Å². The maximum atomic E-state index is 3.19. The molecule has 0 aromatic heterocycles. The molecule has 2 heteroatoms. The molecule has 0 aliphatic carbocycles. The van der Waals surface area contributed by atoms with Crippen LogP contribution in [-0.2, 0) is 0 Å². The van der Waals surface area contributed by atoms with Crippen LogP contribution >= 0.6 is 11.8 Å². The third-order valence-corrected chi connectivity index (χ3v) is 1.53. The first kappa shape index (κ1) is 3.50. The van der Waals surface area contributed by atoms with Gasteiger partial charge in [0.2, 0.25) is 0 Å². The molecule has 5 heavy (non-hydrogen) atoms. The average molecular weight is 91.2 g/mol. The molecule has 1 aliphatic heterocycles. The summed E-state index contributed by atoms with van der Waals surface area (Å²) in [6, 6.07) is 0. The van der Waals surface area contributed by atoms with Gasteiger partial charge in [-0.2, -0.15) is 0 Å². The van der Waals surface area contributed by atoms with Crippen LogP contribution in [0, 0.1) is 0 Å². The second-order valence-corrected chi connectivity index (χ2v) is 2.16. The molecule has 0 saturated carbocycles. The van der Waals surface area contributed by atoms with Crippen LogP contribution in [-0.4, -0.2) is 18.2 Å². The molecule has 0 bridgehead atoms. The fourth-order valence-electron chi connectivity index (χ4n) is 0.361. The standard InChI is InChI=1S/C3H7NS.H2/c1-2-5-3-4-1;/h4H,1-3H2;1H. The Kier molecular flexibility index (Phi) is 1.17. The summed E-state index contributed by atoms with van der Waals surface area (Å²) < 4.78 is 0. The van der Waals surface area contributed by atoms with Crippen LogP contribution in [0.15, 0.2) is 0 Å². The van der Waals surface area contributed by atoms with E-state index in [0.29, 0.717) is 0 Å². The Balaban J connectivity index is 0.000000250. The summed E-state index contributed by atoms with van der Waals surface area (Å²) in [5, 5.41) is 3.19. The summed E-state index contributed by atoms with van der Waals surface area (Å²) in [6.07, 6.45) is 0. The molecule has 32 valence electrons. The topological polar surface area (TPSA) is 12.0 Å². The molecule has 0 aromatic carbocycles. The fourth-order valence-corrected chi connectivity index (χ4v) is 1.08. The quantitative estimate of drug-likeness (QED) is 0.466. The second-order valence-electron chi connectivity index (χ2n) is 1.05. The molecule has 0 amide bonds. The van der Waals surface area contributed by atoms with E-state index >= 15 is 0 Å². The Labute approximate surface area is 37.6 Å². The number of nitrogens with one attached hydrogen (secondary N) is 1. The maximum Gasteiger partial charge on any atom is 0.0418 e. The second kappa shape index (κ2) is 1.67. The minimum Gasteiger partial charge on any atom is -0.307 e. The minimum absolute atomic E-state index is 0. The third-order valence-electron chi connectivity index (χ3n) is 0.627. The van der Waals surface area contributed by atoms with E-state index in [1.165, 1.54) is 18.2 Å². The highest BCUT2D eigenvalue weighted by Gasteiger charge is 1.93. The highest BCUT2D eigenvalue weighted by molar-refractivity contribution is 7.99. The summed E-state index contributed by atoms with van der Waals surface area (Å²) in [4.78, 5) is 0. The van der Waals surface area contributed by atoms with Crippen molar-refractivity contribution in [2.45, 2.75) is 0 Å².